The molecule has 0 rings (SSSR count). The van der Waals surface area contributed by atoms with Gasteiger partial charge in [-0.2, -0.15) is 0 Å². The topological polar surface area (TPSA) is 78.9 Å². The molecule has 0 aromatic rings. The molecule has 6 nitrogen and oxygen atoms in total. The minimum Gasteiger partial charge on any atom is -0.462 e. The molecule has 0 fully saturated rings. The first kappa shape index (κ1) is 78.3. The third-order valence-electron chi connectivity index (χ3n) is 15.3. The Labute approximate surface area is 508 Å². The monoisotopic (exact) mass is 1140 g/mol. The molecular formula is C76H132O6. The summed E-state index contributed by atoms with van der Waals surface area (Å²) < 4.78 is 16.9. The first-order valence-electron chi connectivity index (χ1n) is 35.2. The van der Waals surface area contributed by atoms with E-state index >= 15 is 0 Å². The van der Waals surface area contributed by atoms with Crippen molar-refractivity contribution in [1.82, 2.24) is 0 Å². The highest BCUT2D eigenvalue weighted by atomic mass is 16.6. The number of rotatable bonds is 64. The molecule has 0 radical (unpaired) electrons. The smallest absolute Gasteiger partial charge is 0.306 e. The molecular weight excluding hydrogens is 1010 g/mol. The molecule has 0 heterocycles. The van der Waals surface area contributed by atoms with Crippen molar-refractivity contribution in [2.24, 2.45) is 0 Å². The van der Waals surface area contributed by atoms with Crippen molar-refractivity contribution in [3.05, 3.63) is 97.2 Å². The average molecular weight is 1140 g/mol. The maximum Gasteiger partial charge on any atom is 0.306 e. The Bertz CT molecular complexity index is 1590. The van der Waals surface area contributed by atoms with Gasteiger partial charge in [-0.15, -0.1) is 0 Å². The SMILES string of the molecule is CC/C=C\C/C=C\C/C=C\C/C=C\C/C=C\C/C=C\CCCCC(=O)OC(COC(=O)CCCCCCCCCCCCCCCC)COC(=O)CCCCCCCCCCCCCCCCCCC/C=C\C/C=C\CCCCCCC. The summed E-state index contributed by atoms with van der Waals surface area (Å²) in [6.45, 7) is 6.52. The Morgan fingerprint density at radius 1 is 0.256 bits per heavy atom. The van der Waals surface area contributed by atoms with E-state index in [1.807, 2.05) is 0 Å². The Morgan fingerprint density at radius 3 is 0.768 bits per heavy atom. The van der Waals surface area contributed by atoms with Gasteiger partial charge >= 0.3 is 17.9 Å². The predicted molar refractivity (Wildman–Crippen MR) is 357 cm³/mol. The summed E-state index contributed by atoms with van der Waals surface area (Å²) in [6.07, 6.45) is 94.4. The van der Waals surface area contributed by atoms with Crippen molar-refractivity contribution in [2.45, 2.75) is 354 Å². The molecule has 1 atom stereocenters. The van der Waals surface area contributed by atoms with Crippen LogP contribution in [0.4, 0.5) is 0 Å². The number of esters is 3. The summed E-state index contributed by atoms with van der Waals surface area (Å²) in [7, 11) is 0. The maximum absolute atomic E-state index is 12.9. The summed E-state index contributed by atoms with van der Waals surface area (Å²) in [5.74, 6) is -0.918. The Morgan fingerprint density at radius 2 is 0.476 bits per heavy atom. The zero-order valence-corrected chi connectivity index (χ0v) is 54.2. The zero-order valence-electron chi connectivity index (χ0n) is 54.2. The van der Waals surface area contributed by atoms with Crippen molar-refractivity contribution in [2.75, 3.05) is 13.2 Å². The lowest BCUT2D eigenvalue weighted by Crippen LogP contribution is -2.30. The molecule has 0 saturated carbocycles. The van der Waals surface area contributed by atoms with Crippen LogP contribution in [0.1, 0.15) is 348 Å². The number of hydrogen-bond donors (Lipinski definition) is 0. The van der Waals surface area contributed by atoms with Crippen LogP contribution in [0, 0.1) is 0 Å². The third kappa shape index (κ3) is 67.1. The third-order valence-corrected chi connectivity index (χ3v) is 15.3. The van der Waals surface area contributed by atoms with E-state index in [2.05, 4.69) is 118 Å². The molecule has 0 amide bonds. The lowest BCUT2D eigenvalue weighted by atomic mass is 10.0. The van der Waals surface area contributed by atoms with Crippen LogP contribution in [0.3, 0.4) is 0 Å². The van der Waals surface area contributed by atoms with Gasteiger partial charge in [0, 0.05) is 19.3 Å². The first-order valence-corrected chi connectivity index (χ1v) is 35.2. The van der Waals surface area contributed by atoms with Gasteiger partial charge in [0.2, 0.25) is 0 Å². The van der Waals surface area contributed by atoms with Crippen LogP contribution in [0.25, 0.3) is 0 Å². The summed E-state index contributed by atoms with van der Waals surface area (Å²) in [5.41, 5.74) is 0. The van der Waals surface area contributed by atoms with Gasteiger partial charge < -0.3 is 14.2 Å². The van der Waals surface area contributed by atoms with E-state index in [1.165, 1.54) is 205 Å². The van der Waals surface area contributed by atoms with E-state index in [9.17, 15) is 14.4 Å². The molecule has 472 valence electrons. The molecule has 82 heavy (non-hydrogen) atoms. The summed E-state index contributed by atoms with van der Waals surface area (Å²) >= 11 is 0. The van der Waals surface area contributed by atoms with Gasteiger partial charge in [-0.1, -0.05) is 323 Å². The number of allylic oxidation sites excluding steroid dienone is 16. The van der Waals surface area contributed by atoms with Gasteiger partial charge in [-0.3, -0.25) is 14.4 Å². The van der Waals surface area contributed by atoms with Crippen LogP contribution >= 0.6 is 0 Å². The van der Waals surface area contributed by atoms with Crippen molar-refractivity contribution in [3.63, 3.8) is 0 Å². The van der Waals surface area contributed by atoms with Crippen LogP contribution < -0.4 is 0 Å². The maximum atomic E-state index is 12.9. The fraction of sp³-hybridized carbons (Fsp3) is 0.750. The molecule has 1 unspecified atom stereocenters. The van der Waals surface area contributed by atoms with Crippen molar-refractivity contribution < 1.29 is 28.6 Å². The zero-order chi connectivity index (χ0) is 59.2. The standard InChI is InChI=1S/C76H132O6/c1-4-7-10-13-16-19-22-25-28-30-32-34-35-36-37-38-39-40-41-43-44-46-48-51-54-57-60-63-66-69-75(78)81-72-73(71-80-74(77)68-65-62-59-56-53-50-27-24-21-18-15-12-9-6-3)82-76(79)70-67-64-61-58-55-52-49-47-45-42-33-31-29-26-23-20-17-14-11-8-5-2/h8,11,17,20,22,25-26,29-30,32-33,42,47,49,55,58,73H,4-7,9-10,12-16,18-19,21,23-24,27-28,31,34-41,43-46,48,50-54,56-57,59-72H2,1-3H3/b11-8-,20-17-,25-22-,29-26-,32-30-,42-33-,49-47-,58-55-. The fourth-order valence-electron chi connectivity index (χ4n) is 10.1. The Kier molecular flexibility index (Phi) is 66.7. The average Bonchev–Trinajstić information content (AvgIpc) is 3.47. The largest absolute Gasteiger partial charge is 0.462 e. The quantitative estimate of drug-likeness (QED) is 0.0261. The molecule has 0 aromatic heterocycles. The number of carbonyl (C=O) groups is 3. The second kappa shape index (κ2) is 69.8. The molecule has 0 aliphatic carbocycles. The van der Waals surface area contributed by atoms with E-state index in [1.54, 1.807) is 0 Å². The van der Waals surface area contributed by atoms with Crippen LogP contribution in [0.2, 0.25) is 0 Å². The first-order chi connectivity index (χ1) is 40.5. The number of unbranched alkanes of at least 4 members (excludes halogenated alkanes) is 37. The highest BCUT2D eigenvalue weighted by Crippen LogP contribution is 2.17. The van der Waals surface area contributed by atoms with Crippen LogP contribution in [-0.2, 0) is 28.6 Å². The number of carbonyl (C=O) groups excluding carboxylic acids is 3. The number of hydrogen-bond acceptors (Lipinski definition) is 6. The Hall–Kier alpha value is -3.67. The van der Waals surface area contributed by atoms with Crippen LogP contribution in [0.5, 0.6) is 0 Å². The molecule has 0 bridgehead atoms. The fourth-order valence-corrected chi connectivity index (χ4v) is 10.1. The van der Waals surface area contributed by atoms with Crippen LogP contribution in [-0.4, -0.2) is 37.2 Å². The van der Waals surface area contributed by atoms with Gasteiger partial charge in [-0.05, 0) is 103 Å². The van der Waals surface area contributed by atoms with Gasteiger partial charge in [-0.25, -0.2) is 0 Å². The lowest BCUT2D eigenvalue weighted by Gasteiger charge is -2.18. The van der Waals surface area contributed by atoms with Crippen molar-refractivity contribution >= 4 is 17.9 Å². The Balaban J connectivity index is 4.31. The minimum atomic E-state index is -0.801. The molecule has 6 heteroatoms. The lowest BCUT2D eigenvalue weighted by molar-refractivity contribution is -0.167. The minimum absolute atomic E-state index is 0.0915. The number of ether oxygens (including phenoxy) is 3. The van der Waals surface area contributed by atoms with Gasteiger partial charge in [0.25, 0.3) is 0 Å². The highest BCUT2D eigenvalue weighted by Gasteiger charge is 2.19. The van der Waals surface area contributed by atoms with E-state index in [0.29, 0.717) is 19.3 Å². The van der Waals surface area contributed by atoms with Crippen LogP contribution in [0.15, 0.2) is 97.2 Å². The molecule has 0 aromatic carbocycles. The van der Waals surface area contributed by atoms with Gasteiger partial charge in [0.15, 0.2) is 6.10 Å². The molecule has 0 N–H and O–H groups in total. The summed E-state index contributed by atoms with van der Waals surface area (Å²) in [4.78, 5) is 38.4. The molecule has 0 aliphatic heterocycles. The normalized spacial score (nSPS) is 12.7. The van der Waals surface area contributed by atoms with E-state index in [4.69, 9.17) is 14.2 Å². The van der Waals surface area contributed by atoms with E-state index in [-0.39, 0.29) is 37.5 Å². The van der Waals surface area contributed by atoms with E-state index < -0.39 is 6.10 Å². The van der Waals surface area contributed by atoms with Gasteiger partial charge in [0.05, 0.1) is 0 Å². The van der Waals surface area contributed by atoms with Gasteiger partial charge in [0.1, 0.15) is 13.2 Å². The van der Waals surface area contributed by atoms with E-state index in [0.717, 1.165) is 96.3 Å². The summed E-state index contributed by atoms with van der Waals surface area (Å²) in [5, 5.41) is 0. The van der Waals surface area contributed by atoms with Crippen molar-refractivity contribution in [3.8, 4) is 0 Å². The highest BCUT2D eigenvalue weighted by molar-refractivity contribution is 5.71. The molecule has 0 saturated heterocycles. The molecule has 0 spiro atoms. The van der Waals surface area contributed by atoms with Crippen molar-refractivity contribution in [1.29, 1.82) is 0 Å². The predicted octanol–water partition coefficient (Wildman–Crippen LogP) is 24.4. The second-order valence-electron chi connectivity index (χ2n) is 23.4. The summed E-state index contributed by atoms with van der Waals surface area (Å²) in [6, 6.07) is 0. The molecule has 0 aliphatic rings. The second-order valence-corrected chi connectivity index (χ2v) is 23.4.